The Morgan fingerprint density at radius 2 is 2.00 bits per heavy atom. The Morgan fingerprint density at radius 3 is 2.61 bits per heavy atom. The molecule has 1 N–H and O–H groups in total. The lowest BCUT2D eigenvalue weighted by molar-refractivity contribution is -0.146. The number of carbonyl (C=O) groups is 1. The third-order valence-electron chi connectivity index (χ3n) is 3.03. The smallest absolute Gasteiger partial charge is 0.309 e. The first-order valence-electron chi connectivity index (χ1n) is 5.52. The summed E-state index contributed by atoms with van der Waals surface area (Å²) in [6.45, 7) is 3.30. The molecule has 0 saturated heterocycles. The number of hydrogen-bond acceptors (Lipinski definition) is 3. The molecule has 96 valence electrons. The SMILES string of the molecule is CC(C)(Cc1ccc2c(c1)C=CS2(=O)=O)C(=O)O. The van der Waals surface area contributed by atoms with E-state index in [0.29, 0.717) is 16.9 Å². The summed E-state index contributed by atoms with van der Waals surface area (Å²) in [5.74, 6) is -0.869. The normalized spacial score (nSPS) is 16.6. The maximum atomic E-state index is 11.6. The van der Waals surface area contributed by atoms with Crippen LogP contribution in [0.1, 0.15) is 25.0 Å². The van der Waals surface area contributed by atoms with E-state index in [1.54, 1.807) is 32.1 Å². The second kappa shape index (κ2) is 3.95. The van der Waals surface area contributed by atoms with Gasteiger partial charge in [0.25, 0.3) is 0 Å². The standard InChI is InChI=1S/C13H14O4S/c1-13(2,12(14)15)8-9-3-4-11-10(7-9)5-6-18(11,16)17/h3-7H,8H2,1-2H3,(H,14,15). The van der Waals surface area contributed by atoms with Crippen LogP contribution in [0.25, 0.3) is 6.08 Å². The molecule has 1 aliphatic heterocycles. The minimum Gasteiger partial charge on any atom is -0.481 e. The lowest BCUT2D eigenvalue weighted by Gasteiger charge is -2.19. The highest BCUT2D eigenvalue weighted by Crippen LogP contribution is 2.30. The summed E-state index contributed by atoms with van der Waals surface area (Å²) >= 11 is 0. The molecule has 1 heterocycles. The first kappa shape index (κ1) is 12.8. The van der Waals surface area contributed by atoms with E-state index < -0.39 is 21.2 Å². The van der Waals surface area contributed by atoms with Gasteiger partial charge in [0.2, 0.25) is 0 Å². The maximum Gasteiger partial charge on any atom is 0.309 e. The van der Waals surface area contributed by atoms with Crippen LogP contribution in [0.2, 0.25) is 0 Å². The Morgan fingerprint density at radius 1 is 1.33 bits per heavy atom. The van der Waals surface area contributed by atoms with Crippen molar-refractivity contribution < 1.29 is 18.3 Å². The minimum atomic E-state index is -3.28. The van der Waals surface area contributed by atoms with E-state index in [1.807, 2.05) is 0 Å². The van der Waals surface area contributed by atoms with Crippen LogP contribution in [0.15, 0.2) is 28.5 Å². The molecule has 5 heteroatoms. The molecular formula is C13H14O4S. The predicted molar refractivity (Wildman–Crippen MR) is 67.8 cm³/mol. The molecule has 0 saturated carbocycles. The number of sulfone groups is 1. The minimum absolute atomic E-state index is 0.291. The Labute approximate surface area is 106 Å². The first-order valence-corrected chi connectivity index (χ1v) is 7.06. The average Bonchev–Trinajstić information content (AvgIpc) is 2.54. The summed E-state index contributed by atoms with van der Waals surface area (Å²) in [4.78, 5) is 11.3. The zero-order chi connectivity index (χ0) is 13.6. The molecule has 1 aliphatic rings. The van der Waals surface area contributed by atoms with Gasteiger partial charge in [-0.2, -0.15) is 0 Å². The van der Waals surface area contributed by atoms with Crippen molar-refractivity contribution >= 4 is 21.9 Å². The molecule has 2 rings (SSSR count). The van der Waals surface area contributed by atoms with Crippen LogP contribution in [0.5, 0.6) is 0 Å². The van der Waals surface area contributed by atoms with Crippen molar-refractivity contribution in [3.05, 3.63) is 34.7 Å². The topological polar surface area (TPSA) is 71.4 Å². The molecule has 18 heavy (non-hydrogen) atoms. The predicted octanol–water partition coefficient (Wildman–Crippen LogP) is 2.10. The van der Waals surface area contributed by atoms with E-state index in [2.05, 4.69) is 0 Å². The number of rotatable bonds is 3. The summed E-state index contributed by atoms with van der Waals surface area (Å²) < 4.78 is 23.2. The lowest BCUT2D eigenvalue weighted by Crippen LogP contribution is -2.26. The number of carboxylic acids is 1. The molecule has 0 atom stereocenters. The van der Waals surface area contributed by atoms with Gasteiger partial charge in [0.15, 0.2) is 9.84 Å². The molecule has 0 unspecified atom stereocenters. The largest absolute Gasteiger partial charge is 0.481 e. The maximum absolute atomic E-state index is 11.6. The molecule has 4 nitrogen and oxygen atoms in total. The van der Waals surface area contributed by atoms with Gasteiger partial charge in [-0.3, -0.25) is 4.79 Å². The number of fused-ring (bicyclic) bond motifs is 1. The highest BCUT2D eigenvalue weighted by molar-refractivity contribution is 7.94. The molecular weight excluding hydrogens is 252 g/mol. The van der Waals surface area contributed by atoms with E-state index in [1.165, 1.54) is 11.5 Å². The summed E-state index contributed by atoms with van der Waals surface area (Å²) in [5, 5.41) is 10.2. The van der Waals surface area contributed by atoms with Gasteiger partial charge in [-0.25, -0.2) is 8.42 Å². The molecule has 0 aromatic heterocycles. The van der Waals surface area contributed by atoms with Crippen molar-refractivity contribution in [2.75, 3.05) is 0 Å². The number of carboxylic acid groups (broad SMARTS) is 1. The van der Waals surface area contributed by atoms with Crippen molar-refractivity contribution in [2.45, 2.75) is 25.2 Å². The van der Waals surface area contributed by atoms with Gasteiger partial charge < -0.3 is 5.11 Å². The molecule has 1 aromatic rings. The summed E-state index contributed by atoms with van der Waals surface area (Å²) in [6.07, 6.45) is 1.91. The van der Waals surface area contributed by atoms with Crippen molar-refractivity contribution in [1.29, 1.82) is 0 Å². The Balaban J connectivity index is 2.35. The monoisotopic (exact) mass is 266 g/mol. The molecule has 0 aliphatic carbocycles. The molecule has 0 spiro atoms. The number of hydrogen-bond donors (Lipinski definition) is 1. The van der Waals surface area contributed by atoms with E-state index in [0.717, 1.165) is 5.56 Å². The van der Waals surface area contributed by atoms with Gasteiger partial charge in [-0.1, -0.05) is 12.1 Å². The van der Waals surface area contributed by atoms with Crippen LogP contribution in [0.3, 0.4) is 0 Å². The number of aliphatic carboxylic acids is 1. The second-order valence-corrected chi connectivity index (χ2v) is 6.89. The highest BCUT2D eigenvalue weighted by atomic mass is 32.2. The highest BCUT2D eigenvalue weighted by Gasteiger charge is 2.28. The van der Waals surface area contributed by atoms with E-state index in [4.69, 9.17) is 5.11 Å². The average molecular weight is 266 g/mol. The van der Waals surface area contributed by atoms with Crippen molar-refractivity contribution in [2.24, 2.45) is 5.41 Å². The molecule has 0 bridgehead atoms. The summed E-state index contributed by atoms with van der Waals surface area (Å²) in [7, 11) is -3.28. The van der Waals surface area contributed by atoms with Crippen LogP contribution in [0.4, 0.5) is 0 Å². The van der Waals surface area contributed by atoms with E-state index in [9.17, 15) is 13.2 Å². The Bertz CT molecular complexity index is 639. The fraction of sp³-hybridized carbons (Fsp3) is 0.308. The van der Waals surface area contributed by atoms with Crippen LogP contribution in [-0.4, -0.2) is 19.5 Å². The van der Waals surface area contributed by atoms with Crippen molar-refractivity contribution in [3.8, 4) is 0 Å². The fourth-order valence-corrected chi connectivity index (χ4v) is 3.10. The zero-order valence-electron chi connectivity index (χ0n) is 10.2. The Kier molecular flexibility index (Phi) is 2.81. The lowest BCUT2D eigenvalue weighted by atomic mass is 9.85. The molecule has 0 radical (unpaired) electrons. The van der Waals surface area contributed by atoms with Gasteiger partial charge in [-0.05, 0) is 43.5 Å². The quantitative estimate of drug-likeness (QED) is 0.909. The van der Waals surface area contributed by atoms with Gasteiger partial charge in [0.05, 0.1) is 10.3 Å². The van der Waals surface area contributed by atoms with Crippen LogP contribution < -0.4 is 0 Å². The van der Waals surface area contributed by atoms with Gasteiger partial charge >= 0.3 is 5.97 Å². The second-order valence-electron chi connectivity index (χ2n) is 5.09. The van der Waals surface area contributed by atoms with Gasteiger partial charge in [-0.15, -0.1) is 0 Å². The van der Waals surface area contributed by atoms with Gasteiger partial charge in [0.1, 0.15) is 0 Å². The van der Waals surface area contributed by atoms with Gasteiger partial charge in [0, 0.05) is 5.41 Å². The fourth-order valence-electron chi connectivity index (χ4n) is 1.92. The Hall–Kier alpha value is -1.62. The number of benzene rings is 1. The third-order valence-corrected chi connectivity index (χ3v) is 4.51. The summed E-state index contributed by atoms with van der Waals surface area (Å²) in [5.41, 5.74) is 0.590. The molecule has 0 amide bonds. The van der Waals surface area contributed by atoms with Crippen LogP contribution in [-0.2, 0) is 21.1 Å². The summed E-state index contributed by atoms with van der Waals surface area (Å²) in [6, 6.07) is 4.95. The van der Waals surface area contributed by atoms with E-state index in [-0.39, 0.29) is 0 Å². The molecule has 0 fully saturated rings. The van der Waals surface area contributed by atoms with Crippen LogP contribution >= 0.6 is 0 Å². The van der Waals surface area contributed by atoms with Crippen molar-refractivity contribution in [1.82, 2.24) is 0 Å². The third kappa shape index (κ3) is 2.18. The molecule has 1 aromatic carbocycles. The first-order chi connectivity index (χ1) is 8.22. The zero-order valence-corrected chi connectivity index (χ0v) is 11.0. The van der Waals surface area contributed by atoms with E-state index >= 15 is 0 Å². The van der Waals surface area contributed by atoms with Crippen LogP contribution in [0, 0.1) is 5.41 Å². The van der Waals surface area contributed by atoms with Crippen molar-refractivity contribution in [3.63, 3.8) is 0 Å².